The molecule has 152 valence electrons. The molecule has 2 aliphatic heterocycles. The topological polar surface area (TPSA) is 78.8 Å². The molecule has 29 heavy (non-hydrogen) atoms. The normalized spacial score (nSPS) is 24.7. The fraction of sp³-hybridized carbons (Fsp3) is 0.435. The fourth-order valence-electron chi connectivity index (χ4n) is 4.90. The summed E-state index contributed by atoms with van der Waals surface area (Å²) in [5.41, 5.74) is 5.51. The minimum atomic E-state index is -0.250. The molecule has 5 nitrogen and oxygen atoms in total. The Hall–Kier alpha value is -2.31. The summed E-state index contributed by atoms with van der Waals surface area (Å²) in [4.78, 5) is 26.0. The van der Waals surface area contributed by atoms with Crippen molar-refractivity contribution >= 4 is 29.3 Å². The zero-order valence-electron chi connectivity index (χ0n) is 16.3. The largest absolute Gasteiger partial charge is 0.483 e. The molecule has 1 saturated carbocycles. The minimum Gasteiger partial charge on any atom is -0.483 e. The lowest BCUT2D eigenvalue weighted by molar-refractivity contribution is -0.122. The number of carbonyl (C=O) groups is 2. The second kappa shape index (κ2) is 9.01. The summed E-state index contributed by atoms with van der Waals surface area (Å²) in [6.45, 7) is 2.56. The van der Waals surface area contributed by atoms with E-state index in [0.29, 0.717) is 24.7 Å². The highest BCUT2D eigenvalue weighted by molar-refractivity contribution is 7.08. The number of thiophene rings is 1. The Morgan fingerprint density at radius 2 is 2.14 bits per heavy atom. The summed E-state index contributed by atoms with van der Waals surface area (Å²) in [7, 11) is 0. The van der Waals surface area contributed by atoms with E-state index in [1.165, 1.54) is 36.0 Å². The first-order valence-corrected chi connectivity index (χ1v) is 11.2. The molecule has 3 aliphatic rings. The van der Waals surface area contributed by atoms with Gasteiger partial charge < -0.3 is 10.4 Å². The van der Waals surface area contributed by atoms with Crippen LogP contribution in [-0.4, -0.2) is 36.2 Å². The van der Waals surface area contributed by atoms with Gasteiger partial charge in [-0.2, -0.15) is 11.3 Å². The number of carbonyl (C=O) groups excluding carboxylic acids is 1. The smallest absolute Gasteiger partial charge is 0.290 e. The molecule has 3 atom stereocenters. The summed E-state index contributed by atoms with van der Waals surface area (Å²) in [5.74, 6) is 2.42. The first-order valence-electron chi connectivity index (χ1n) is 10.2. The minimum absolute atomic E-state index is 0.250. The number of rotatable bonds is 4. The summed E-state index contributed by atoms with van der Waals surface area (Å²) in [6, 6.07) is 8.31. The third-order valence-electron chi connectivity index (χ3n) is 6.51. The maximum atomic E-state index is 12.9. The van der Waals surface area contributed by atoms with E-state index in [0.717, 1.165) is 36.2 Å². The van der Waals surface area contributed by atoms with E-state index < -0.39 is 0 Å². The molecule has 1 aromatic heterocycles. The predicted molar refractivity (Wildman–Crippen MR) is 115 cm³/mol. The Kier molecular flexibility index (Phi) is 6.21. The highest BCUT2D eigenvalue weighted by Crippen LogP contribution is 2.44. The lowest BCUT2D eigenvalue weighted by atomic mass is 9.65. The zero-order chi connectivity index (χ0) is 20.2. The van der Waals surface area contributed by atoms with E-state index in [1.54, 1.807) is 11.3 Å². The van der Waals surface area contributed by atoms with Crippen molar-refractivity contribution in [3.8, 4) is 0 Å². The average molecular weight is 411 g/mol. The lowest BCUT2D eigenvalue weighted by Crippen LogP contribution is -2.34. The first-order chi connectivity index (χ1) is 14.2. The Labute approximate surface area is 174 Å². The molecular formula is C23H26N2O3S. The van der Waals surface area contributed by atoms with Crippen LogP contribution in [-0.2, 0) is 11.3 Å². The number of aliphatic imine (C=N–C) groups is 1. The van der Waals surface area contributed by atoms with Crippen molar-refractivity contribution in [2.75, 3.05) is 13.1 Å². The highest BCUT2D eigenvalue weighted by Gasteiger charge is 2.38. The number of ketones is 1. The number of benzene rings is 1. The van der Waals surface area contributed by atoms with E-state index in [1.807, 2.05) is 6.07 Å². The molecule has 2 N–H and O–H groups in total. The van der Waals surface area contributed by atoms with E-state index in [2.05, 4.69) is 34.3 Å². The molecule has 2 fully saturated rings. The van der Waals surface area contributed by atoms with Crippen molar-refractivity contribution in [3.05, 3.63) is 57.3 Å². The van der Waals surface area contributed by atoms with Crippen molar-refractivity contribution in [1.29, 1.82) is 0 Å². The molecule has 0 spiro atoms. The molecule has 1 saturated heterocycles. The van der Waals surface area contributed by atoms with Gasteiger partial charge in [0, 0.05) is 28.5 Å². The van der Waals surface area contributed by atoms with Gasteiger partial charge in [0.15, 0.2) is 5.78 Å². The standard InChI is InChI=1S/C22H24N2OS.CH2O2/c25-21(10-18-11-23-7-5-14-1-3-19(14)18)15-2-4-20-17(9-15)12-24-22(20)16-6-8-26-13-16;2-1-3/h2,4,6,8-9,13-14,18-19,23H,1,3,5,7,10-12H2;1H,(H,2,3)/t14?,18-,19?;/m0./s1. The number of hydrogen-bond donors (Lipinski definition) is 2. The first kappa shape index (κ1) is 20.0. The molecule has 5 rings (SSSR count). The van der Waals surface area contributed by atoms with Crippen LogP contribution in [0, 0.1) is 17.8 Å². The van der Waals surface area contributed by atoms with Crippen LogP contribution in [0.4, 0.5) is 0 Å². The van der Waals surface area contributed by atoms with E-state index in [4.69, 9.17) is 14.9 Å². The van der Waals surface area contributed by atoms with Gasteiger partial charge in [0.05, 0.1) is 12.3 Å². The van der Waals surface area contributed by atoms with Crippen molar-refractivity contribution < 1.29 is 14.7 Å². The second-order valence-corrected chi connectivity index (χ2v) is 8.82. The average Bonchev–Trinajstić information content (AvgIpc) is 3.33. The van der Waals surface area contributed by atoms with E-state index in [9.17, 15) is 4.79 Å². The van der Waals surface area contributed by atoms with Gasteiger partial charge in [0.1, 0.15) is 0 Å². The van der Waals surface area contributed by atoms with Gasteiger partial charge in [0.2, 0.25) is 0 Å². The van der Waals surface area contributed by atoms with Crippen LogP contribution < -0.4 is 5.32 Å². The molecule has 0 bridgehead atoms. The van der Waals surface area contributed by atoms with Crippen LogP contribution in [0.25, 0.3) is 0 Å². The zero-order valence-corrected chi connectivity index (χ0v) is 17.2. The van der Waals surface area contributed by atoms with Gasteiger partial charge in [-0.05, 0) is 73.2 Å². The van der Waals surface area contributed by atoms with Gasteiger partial charge in [-0.1, -0.05) is 12.1 Å². The third kappa shape index (κ3) is 4.19. The van der Waals surface area contributed by atoms with Crippen LogP contribution in [0.5, 0.6) is 0 Å². The Morgan fingerprint density at radius 1 is 1.28 bits per heavy atom. The van der Waals surface area contributed by atoms with Gasteiger partial charge in [0.25, 0.3) is 6.47 Å². The van der Waals surface area contributed by atoms with Crippen LogP contribution in [0.2, 0.25) is 0 Å². The number of nitrogens with one attached hydrogen (secondary N) is 1. The predicted octanol–water partition coefficient (Wildman–Crippen LogP) is 4.01. The Morgan fingerprint density at radius 3 is 2.86 bits per heavy atom. The lowest BCUT2D eigenvalue weighted by Gasteiger charge is -2.40. The van der Waals surface area contributed by atoms with Gasteiger partial charge in [-0.15, -0.1) is 0 Å². The molecule has 0 radical (unpaired) electrons. The molecule has 1 aromatic carbocycles. The van der Waals surface area contributed by atoms with E-state index >= 15 is 0 Å². The molecule has 2 unspecified atom stereocenters. The SMILES string of the molecule is O=C(C[C@H]1CNCCC2CCC21)c1ccc2c(c1)CN=C2c1ccsc1.O=CO. The van der Waals surface area contributed by atoms with Gasteiger partial charge in [-0.25, -0.2) is 0 Å². The summed E-state index contributed by atoms with van der Waals surface area (Å²) >= 11 is 1.70. The fourth-order valence-corrected chi connectivity index (χ4v) is 5.54. The number of nitrogens with zero attached hydrogens (tertiary/aromatic N) is 1. The second-order valence-electron chi connectivity index (χ2n) is 8.04. The molecule has 1 aliphatic carbocycles. The van der Waals surface area contributed by atoms with Crippen molar-refractivity contribution in [2.24, 2.45) is 22.7 Å². The van der Waals surface area contributed by atoms with Crippen LogP contribution in [0.3, 0.4) is 0 Å². The van der Waals surface area contributed by atoms with E-state index in [-0.39, 0.29) is 6.47 Å². The van der Waals surface area contributed by atoms with Crippen LogP contribution in [0.1, 0.15) is 52.7 Å². The number of carboxylic acid groups (broad SMARTS) is 1. The molecule has 2 aromatic rings. The molecule has 0 amide bonds. The number of Topliss-reactive ketones (excluding diaryl/α,β-unsaturated/α-hetero) is 1. The van der Waals surface area contributed by atoms with Gasteiger partial charge in [-0.3, -0.25) is 14.6 Å². The molecule has 3 heterocycles. The molecule has 6 heteroatoms. The summed E-state index contributed by atoms with van der Waals surface area (Å²) in [5, 5.41) is 14.7. The highest BCUT2D eigenvalue weighted by atomic mass is 32.1. The number of hydrogen-bond acceptors (Lipinski definition) is 5. The van der Waals surface area contributed by atoms with Crippen molar-refractivity contribution in [1.82, 2.24) is 5.32 Å². The third-order valence-corrected chi connectivity index (χ3v) is 7.20. The Balaban J connectivity index is 0.000000645. The Bertz CT molecular complexity index is 907. The van der Waals surface area contributed by atoms with Gasteiger partial charge >= 0.3 is 0 Å². The van der Waals surface area contributed by atoms with Crippen LogP contribution >= 0.6 is 11.3 Å². The van der Waals surface area contributed by atoms with Crippen LogP contribution in [0.15, 0.2) is 40.0 Å². The van der Waals surface area contributed by atoms with Crippen molar-refractivity contribution in [2.45, 2.75) is 32.2 Å². The van der Waals surface area contributed by atoms with Crippen molar-refractivity contribution in [3.63, 3.8) is 0 Å². The summed E-state index contributed by atoms with van der Waals surface area (Å²) < 4.78 is 0. The quantitative estimate of drug-likeness (QED) is 0.590. The monoisotopic (exact) mass is 410 g/mol. The maximum Gasteiger partial charge on any atom is 0.290 e. The maximum absolute atomic E-state index is 12.9. The number of fused-ring (bicyclic) bond motifs is 2. The summed E-state index contributed by atoms with van der Waals surface area (Å²) in [6.07, 6.45) is 4.65. The molecular weight excluding hydrogens is 384 g/mol.